The molecule has 1 aromatic carbocycles. The van der Waals surface area contributed by atoms with Crippen molar-refractivity contribution in [2.24, 2.45) is 0 Å². The summed E-state index contributed by atoms with van der Waals surface area (Å²) in [5.74, 6) is 0.996. The Morgan fingerprint density at radius 1 is 1.29 bits per heavy atom. The van der Waals surface area contributed by atoms with E-state index in [1.807, 2.05) is 0 Å². The van der Waals surface area contributed by atoms with E-state index in [4.69, 9.17) is 13.9 Å². The Balaban J connectivity index is 1.52. The van der Waals surface area contributed by atoms with Crippen LogP contribution in [0.25, 0.3) is 0 Å². The molecule has 2 heterocycles. The first-order valence-electron chi connectivity index (χ1n) is 6.62. The van der Waals surface area contributed by atoms with Crippen molar-refractivity contribution in [2.75, 3.05) is 13.3 Å². The van der Waals surface area contributed by atoms with Crippen LogP contribution in [-0.4, -0.2) is 24.4 Å². The lowest BCUT2D eigenvalue weighted by Gasteiger charge is -2.09. The fourth-order valence-electron chi connectivity index (χ4n) is 2.09. The topological polar surface area (TPSA) is 80.9 Å². The summed E-state index contributed by atoms with van der Waals surface area (Å²) in [5.41, 5.74) is 1.20. The van der Waals surface area contributed by atoms with E-state index in [-0.39, 0.29) is 12.7 Å². The maximum Gasteiger partial charge on any atom is 0.251 e. The predicted molar refractivity (Wildman–Crippen MR) is 73.2 cm³/mol. The number of rotatable bonds is 5. The number of aliphatic hydroxyl groups is 1. The monoisotopic (exact) mass is 289 g/mol. The standard InChI is InChI=1S/C15H15NO5/c17-12(11-4-6-19-8-11)3-5-16-15(18)10-1-2-13-14(7-10)21-9-20-13/h1-2,4,6-8,12,17H,3,5,9H2,(H,16,18)/t12-/m1/s1. The molecule has 2 N–H and O–H groups in total. The normalized spacial score (nSPS) is 14.0. The second-order valence-electron chi connectivity index (χ2n) is 4.69. The second-order valence-corrected chi connectivity index (χ2v) is 4.69. The van der Waals surface area contributed by atoms with Crippen LogP contribution in [0.3, 0.4) is 0 Å². The van der Waals surface area contributed by atoms with Crippen molar-refractivity contribution in [1.82, 2.24) is 5.32 Å². The van der Waals surface area contributed by atoms with Crippen LogP contribution in [-0.2, 0) is 0 Å². The highest BCUT2D eigenvalue weighted by Crippen LogP contribution is 2.32. The van der Waals surface area contributed by atoms with Gasteiger partial charge in [0.15, 0.2) is 11.5 Å². The van der Waals surface area contributed by atoms with Gasteiger partial charge in [0.05, 0.1) is 18.6 Å². The number of carbonyl (C=O) groups is 1. The van der Waals surface area contributed by atoms with Crippen molar-refractivity contribution in [2.45, 2.75) is 12.5 Å². The highest BCUT2D eigenvalue weighted by atomic mass is 16.7. The molecule has 1 aliphatic rings. The minimum atomic E-state index is -0.652. The molecule has 0 fully saturated rings. The number of ether oxygens (including phenoxy) is 2. The van der Waals surface area contributed by atoms with Gasteiger partial charge in [0, 0.05) is 17.7 Å². The van der Waals surface area contributed by atoms with E-state index in [2.05, 4.69) is 5.32 Å². The molecule has 2 aromatic rings. The van der Waals surface area contributed by atoms with Gasteiger partial charge < -0.3 is 24.3 Å². The fourth-order valence-corrected chi connectivity index (χ4v) is 2.09. The Kier molecular flexibility index (Phi) is 3.79. The molecule has 1 aromatic heterocycles. The van der Waals surface area contributed by atoms with Crippen LogP contribution in [0.5, 0.6) is 11.5 Å². The minimum Gasteiger partial charge on any atom is -0.472 e. The van der Waals surface area contributed by atoms with E-state index in [0.717, 1.165) is 0 Å². The van der Waals surface area contributed by atoms with Crippen LogP contribution in [0, 0.1) is 0 Å². The molecule has 1 atom stereocenters. The average molecular weight is 289 g/mol. The number of amides is 1. The summed E-state index contributed by atoms with van der Waals surface area (Å²) < 4.78 is 15.3. The fraction of sp³-hybridized carbons (Fsp3) is 0.267. The number of fused-ring (bicyclic) bond motifs is 1. The molecule has 6 nitrogen and oxygen atoms in total. The van der Waals surface area contributed by atoms with E-state index >= 15 is 0 Å². The third kappa shape index (κ3) is 3.00. The summed E-state index contributed by atoms with van der Waals surface area (Å²) in [5, 5.41) is 12.6. The minimum absolute atomic E-state index is 0.178. The zero-order valence-corrected chi connectivity index (χ0v) is 11.2. The molecule has 1 aliphatic heterocycles. The number of furan rings is 1. The summed E-state index contributed by atoms with van der Waals surface area (Å²) in [6.07, 6.45) is 2.75. The number of hydrogen-bond acceptors (Lipinski definition) is 5. The lowest BCUT2D eigenvalue weighted by Crippen LogP contribution is -2.25. The molecule has 3 rings (SSSR count). The molecular formula is C15H15NO5. The van der Waals surface area contributed by atoms with Crippen LogP contribution >= 0.6 is 0 Å². The molecular weight excluding hydrogens is 274 g/mol. The lowest BCUT2D eigenvalue weighted by atomic mass is 10.1. The Morgan fingerprint density at radius 2 is 2.14 bits per heavy atom. The quantitative estimate of drug-likeness (QED) is 0.878. The lowest BCUT2D eigenvalue weighted by molar-refractivity contribution is 0.0942. The van der Waals surface area contributed by atoms with Gasteiger partial charge in [-0.3, -0.25) is 4.79 Å². The number of carbonyl (C=O) groups excluding carboxylic acids is 1. The summed E-state index contributed by atoms with van der Waals surface area (Å²) in [7, 11) is 0. The van der Waals surface area contributed by atoms with Gasteiger partial charge in [0.2, 0.25) is 6.79 Å². The first-order valence-corrected chi connectivity index (χ1v) is 6.62. The van der Waals surface area contributed by atoms with Gasteiger partial charge in [-0.05, 0) is 30.7 Å². The molecule has 0 radical (unpaired) electrons. The number of benzene rings is 1. The Hall–Kier alpha value is -2.47. The van der Waals surface area contributed by atoms with Crippen LogP contribution in [0.2, 0.25) is 0 Å². The highest BCUT2D eigenvalue weighted by Gasteiger charge is 2.16. The highest BCUT2D eigenvalue weighted by molar-refractivity contribution is 5.94. The summed E-state index contributed by atoms with van der Waals surface area (Å²) in [6.45, 7) is 0.539. The van der Waals surface area contributed by atoms with E-state index in [0.29, 0.717) is 35.6 Å². The van der Waals surface area contributed by atoms with Crippen molar-refractivity contribution in [3.8, 4) is 11.5 Å². The maximum atomic E-state index is 12.0. The maximum absolute atomic E-state index is 12.0. The zero-order valence-electron chi connectivity index (χ0n) is 11.2. The number of hydrogen-bond donors (Lipinski definition) is 2. The molecule has 0 spiro atoms. The van der Waals surface area contributed by atoms with Crippen LogP contribution in [0.15, 0.2) is 41.2 Å². The molecule has 6 heteroatoms. The van der Waals surface area contributed by atoms with Crippen molar-refractivity contribution in [1.29, 1.82) is 0 Å². The van der Waals surface area contributed by atoms with Gasteiger partial charge in [-0.15, -0.1) is 0 Å². The summed E-state index contributed by atoms with van der Waals surface area (Å²) >= 11 is 0. The Bertz CT molecular complexity index is 623. The van der Waals surface area contributed by atoms with Gasteiger partial charge >= 0.3 is 0 Å². The predicted octanol–water partition coefficient (Wildman–Crippen LogP) is 1.86. The smallest absolute Gasteiger partial charge is 0.251 e. The Morgan fingerprint density at radius 3 is 2.95 bits per heavy atom. The average Bonchev–Trinajstić information content (AvgIpc) is 3.17. The summed E-state index contributed by atoms with van der Waals surface area (Å²) in [6, 6.07) is 6.72. The number of nitrogens with one attached hydrogen (secondary N) is 1. The van der Waals surface area contributed by atoms with E-state index in [1.165, 1.54) is 12.5 Å². The van der Waals surface area contributed by atoms with Crippen LogP contribution < -0.4 is 14.8 Å². The van der Waals surface area contributed by atoms with E-state index in [9.17, 15) is 9.90 Å². The molecule has 0 unspecified atom stereocenters. The molecule has 1 amide bonds. The second kappa shape index (κ2) is 5.88. The van der Waals surface area contributed by atoms with Gasteiger partial charge in [-0.25, -0.2) is 0 Å². The Labute approximate surface area is 121 Å². The summed E-state index contributed by atoms with van der Waals surface area (Å²) in [4.78, 5) is 12.0. The van der Waals surface area contributed by atoms with Crippen LogP contribution in [0.4, 0.5) is 0 Å². The van der Waals surface area contributed by atoms with Crippen LogP contribution in [0.1, 0.15) is 28.4 Å². The van der Waals surface area contributed by atoms with E-state index in [1.54, 1.807) is 24.3 Å². The third-order valence-electron chi connectivity index (χ3n) is 3.27. The molecule has 0 aliphatic carbocycles. The third-order valence-corrected chi connectivity index (χ3v) is 3.27. The van der Waals surface area contributed by atoms with Crippen molar-refractivity contribution in [3.63, 3.8) is 0 Å². The molecule has 0 saturated carbocycles. The molecule has 110 valence electrons. The van der Waals surface area contributed by atoms with Gasteiger partial charge in [0.1, 0.15) is 0 Å². The van der Waals surface area contributed by atoms with Crippen molar-refractivity contribution in [3.05, 3.63) is 47.9 Å². The SMILES string of the molecule is O=C(NCC[C@@H](O)c1ccoc1)c1ccc2c(c1)OCO2. The van der Waals surface area contributed by atoms with E-state index < -0.39 is 6.10 Å². The molecule has 0 bridgehead atoms. The van der Waals surface area contributed by atoms with Crippen molar-refractivity contribution >= 4 is 5.91 Å². The largest absolute Gasteiger partial charge is 0.472 e. The first-order chi connectivity index (χ1) is 10.2. The number of aliphatic hydroxyl groups excluding tert-OH is 1. The first kappa shape index (κ1) is 13.5. The van der Waals surface area contributed by atoms with Gasteiger partial charge in [-0.1, -0.05) is 0 Å². The molecule has 0 saturated heterocycles. The van der Waals surface area contributed by atoms with Crippen molar-refractivity contribution < 1.29 is 23.8 Å². The molecule has 21 heavy (non-hydrogen) atoms. The van der Waals surface area contributed by atoms with Gasteiger partial charge in [0.25, 0.3) is 5.91 Å². The van der Waals surface area contributed by atoms with Gasteiger partial charge in [-0.2, -0.15) is 0 Å². The zero-order chi connectivity index (χ0) is 14.7.